The van der Waals surface area contributed by atoms with Crippen LogP contribution in [0.3, 0.4) is 0 Å². The van der Waals surface area contributed by atoms with Gasteiger partial charge in [0.05, 0.1) is 25.5 Å². The minimum Gasteiger partial charge on any atom is -0.489 e. The summed E-state index contributed by atoms with van der Waals surface area (Å²) in [6.07, 6.45) is 0.726. The van der Waals surface area contributed by atoms with Gasteiger partial charge in [0.25, 0.3) is 0 Å². The number of rotatable bonds is 6. The number of aryl methyl sites for hydroxylation is 1. The van der Waals surface area contributed by atoms with Crippen LogP contribution in [0.2, 0.25) is 0 Å². The number of nitrogens with zero attached hydrogens (tertiary/aromatic N) is 1. The monoisotopic (exact) mass is 433 g/mol. The molecule has 1 saturated heterocycles. The minimum absolute atomic E-state index is 0.0238. The lowest BCUT2D eigenvalue weighted by molar-refractivity contribution is -0.102. The van der Waals surface area contributed by atoms with Gasteiger partial charge in [-0.1, -0.05) is 30.3 Å². The van der Waals surface area contributed by atoms with Crippen LogP contribution in [0.15, 0.2) is 59.4 Å². The van der Waals surface area contributed by atoms with Crippen molar-refractivity contribution in [1.82, 2.24) is 4.57 Å². The zero-order chi connectivity index (χ0) is 21.9. The number of fused-ring (bicyclic) bond motifs is 3. The first-order valence-corrected chi connectivity index (χ1v) is 11.1. The molecule has 1 unspecified atom stereocenters. The van der Waals surface area contributed by atoms with E-state index in [9.17, 15) is 4.79 Å². The van der Waals surface area contributed by atoms with Crippen molar-refractivity contribution in [2.75, 3.05) is 26.4 Å². The summed E-state index contributed by atoms with van der Waals surface area (Å²) in [6.45, 7) is 5.21. The highest BCUT2D eigenvalue weighted by Crippen LogP contribution is 2.35. The molecule has 3 heterocycles. The highest BCUT2D eigenvalue weighted by Gasteiger charge is 2.23. The van der Waals surface area contributed by atoms with Crippen LogP contribution in [0.4, 0.5) is 0 Å². The average Bonchev–Trinajstić information content (AvgIpc) is 2.84. The van der Waals surface area contributed by atoms with Crippen LogP contribution in [0.1, 0.15) is 16.7 Å². The second-order valence-corrected chi connectivity index (χ2v) is 8.19. The summed E-state index contributed by atoms with van der Waals surface area (Å²) in [4.78, 5) is 12.7. The van der Waals surface area contributed by atoms with Gasteiger partial charge in [0.1, 0.15) is 25.1 Å². The van der Waals surface area contributed by atoms with Crippen molar-refractivity contribution in [2.45, 2.75) is 32.6 Å². The SMILES string of the molecule is Cc1c2n(c(OCC3COCCO3)cc1=O)CCc1cc(OCc3ccccc3)ccc1-2. The molecule has 2 aromatic carbocycles. The highest BCUT2D eigenvalue weighted by molar-refractivity contribution is 5.70. The van der Waals surface area contributed by atoms with Crippen molar-refractivity contribution in [3.05, 3.63) is 81.5 Å². The summed E-state index contributed by atoms with van der Waals surface area (Å²) in [5, 5.41) is 0. The molecule has 0 N–H and O–H groups in total. The van der Waals surface area contributed by atoms with Gasteiger partial charge in [-0.05, 0) is 42.7 Å². The molecule has 32 heavy (non-hydrogen) atoms. The molecule has 166 valence electrons. The summed E-state index contributed by atoms with van der Waals surface area (Å²) in [5.74, 6) is 1.42. The summed E-state index contributed by atoms with van der Waals surface area (Å²) >= 11 is 0. The van der Waals surface area contributed by atoms with Crippen molar-refractivity contribution in [2.24, 2.45) is 0 Å². The predicted molar refractivity (Wildman–Crippen MR) is 121 cm³/mol. The van der Waals surface area contributed by atoms with E-state index in [-0.39, 0.29) is 11.5 Å². The third kappa shape index (κ3) is 4.29. The number of ether oxygens (including phenoxy) is 4. The molecule has 6 heteroatoms. The fraction of sp³-hybridized carbons (Fsp3) is 0.346. The van der Waals surface area contributed by atoms with E-state index < -0.39 is 0 Å². The number of aromatic nitrogens is 1. The molecule has 5 rings (SSSR count). The van der Waals surface area contributed by atoms with Gasteiger partial charge in [0.15, 0.2) is 11.3 Å². The lowest BCUT2D eigenvalue weighted by Gasteiger charge is -2.28. The van der Waals surface area contributed by atoms with E-state index >= 15 is 0 Å². The topological polar surface area (TPSA) is 58.9 Å². The fourth-order valence-electron chi connectivity index (χ4n) is 4.30. The van der Waals surface area contributed by atoms with Crippen LogP contribution >= 0.6 is 0 Å². The van der Waals surface area contributed by atoms with E-state index in [1.54, 1.807) is 6.07 Å². The Morgan fingerprint density at radius 2 is 1.94 bits per heavy atom. The Morgan fingerprint density at radius 3 is 2.75 bits per heavy atom. The third-order valence-corrected chi connectivity index (χ3v) is 6.00. The Balaban J connectivity index is 1.39. The molecule has 0 amide bonds. The van der Waals surface area contributed by atoms with Gasteiger partial charge in [-0.25, -0.2) is 0 Å². The Hall–Kier alpha value is -3.09. The van der Waals surface area contributed by atoms with E-state index in [0.717, 1.165) is 41.1 Å². The molecular weight excluding hydrogens is 406 g/mol. The standard InChI is InChI=1S/C26H27NO5/c1-18-24(28)14-25(32-17-22-16-29-11-12-30-22)27-10-9-20-13-21(7-8-23(20)26(18)27)31-15-19-5-3-2-4-6-19/h2-8,13-14,22H,9-12,15-17H2,1H3. The Labute approximate surface area is 187 Å². The van der Waals surface area contributed by atoms with Gasteiger partial charge in [-0.15, -0.1) is 0 Å². The van der Waals surface area contributed by atoms with Gasteiger partial charge >= 0.3 is 0 Å². The van der Waals surface area contributed by atoms with Crippen molar-refractivity contribution < 1.29 is 18.9 Å². The lowest BCUT2D eigenvalue weighted by atomic mass is 9.94. The highest BCUT2D eigenvalue weighted by atomic mass is 16.6. The molecule has 6 nitrogen and oxygen atoms in total. The second-order valence-electron chi connectivity index (χ2n) is 8.19. The first-order valence-electron chi connectivity index (χ1n) is 11.1. The molecule has 1 fully saturated rings. The predicted octanol–water partition coefficient (Wildman–Crippen LogP) is 3.75. The zero-order valence-electron chi connectivity index (χ0n) is 18.2. The first kappa shape index (κ1) is 20.8. The number of hydrogen-bond acceptors (Lipinski definition) is 5. The molecule has 1 atom stereocenters. The molecule has 0 bridgehead atoms. The Morgan fingerprint density at radius 1 is 1.06 bits per heavy atom. The third-order valence-electron chi connectivity index (χ3n) is 6.00. The number of benzene rings is 2. The van der Waals surface area contributed by atoms with Crippen LogP contribution in [0, 0.1) is 6.92 Å². The van der Waals surface area contributed by atoms with Crippen LogP contribution in [0.5, 0.6) is 11.6 Å². The maximum absolute atomic E-state index is 12.7. The van der Waals surface area contributed by atoms with Crippen molar-refractivity contribution >= 4 is 0 Å². The Kier molecular flexibility index (Phi) is 5.97. The maximum atomic E-state index is 12.7. The van der Waals surface area contributed by atoms with E-state index in [0.29, 0.717) is 38.9 Å². The molecule has 3 aromatic rings. The molecular formula is C26H27NO5. The quantitative estimate of drug-likeness (QED) is 0.593. The summed E-state index contributed by atoms with van der Waals surface area (Å²) in [5.41, 5.74) is 4.99. The molecule has 0 aliphatic carbocycles. The zero-order valence-corrected chi connectivity index (χ0v) is 18.2. The number of hydrogen-bond donors (Lipinski definition) is 0. The van der Waals surface area contributed by atoms with Crippen LogP contribution in [0.25, 0.3) is 11.3 Å². The molecule has 0 radical (unpaired) electrons. The van der Waals surface area contributed by atoms with Crippen LogP contribution in [-0.4, -0.2) is 37.1 Å². The molecule has 2 aliphatic heterocycles. The average molecular weight is 434 g/mol. The normalized spacial score (nSPS) is 17.3. The number of pyridine rings is 1. The van der Waals surface area contributed by atoms with Gasteiger partial charge in [0, 0.05) is 23.7 Å². The largest absolute Gasteiger partial charge is 0.489 e. The summed E-state index contributed by atoms with van der Waals surface area (Å²) in [6, 6.07) is 17.8. The van der Waals surface area contributed by atoms with Gasteiger partial charge in [0.2, 0.25) is 0 Å². The van der Waals surface area contributed by atoms with Gasteiger partial charge < -0.3 is 23.5 Å². The van der Waals surface area contributed by atoms with Crippen molar-refractivity contribution in [1.29, 1.82) is 0 Å². The van der Waals surface area contributed by atoms with Crippen LogP contribution < -0.4 is 14.9 Å². The first-order chi connectivity index (χ1) is 15.7. The molecule has 2 aliphatic rings. The van der Waals surface area contributed by atoms with E-state index in [1.807, 2.05) is 31.2 Å². The van der Waals surface area contributed by atoms with E-state index in [4.69, 9.17) is 18.9 Å². The molecule has 0 saturated carbocycles. The molecule has 1 aromatic heterocycles. The Bertz CT molecular complexity index is 1150. The maximum Gasteiger partial charge on any atom is 0.197 e. The van der Waals surface area contributed by atoms with E-state index in [2.05, 4.69) is 28.8 Å². The second kappa shape index (κ2) is 9.18. The molecule has 0 spiro atoms. The smallest absolute Gasteiger partial charge is 0.197 e. The van der Waals surface area contributed by atoms with Crippen molar-refractivity contribution in [3.8, 4) is 22.9 Å². The van der Waals surface area contributed by atoms with E-state index in [1.165, 1.54) is 5.56 Å². The summed E-state index contributed by atoms with van der Waals surface area (Å²) in [7, 11) is 0. The fourth-order valence-corrected chi connectivity index (χ4v) is 4.30. The minimum atomic E-state index is -0.114. The lowest BCUT2D eigenvalue weighted by Crippen LogP contribution is -2.34. The van der Waals surface area contributed by atoms with Crippen molar-refractivity contribution in [3.63, 3.8) is 0 Å². The van der Waals surface area contributed by atoms with Gasteiger partial charge in [-0.3, -0.25) is 4.79 Å². The van der Waals surface area contributed by atoms with Gasteiger partial charge in [-0.2, -0.15) is 0 Å². The summed E-state index contributed by atoms with van der Waals surface area (Å²) < 4.78 is 25.3. The van der Waals surface area contributed by atoms with Crippen LogP contribution in [-0.2, 0) is 29.0 Å².